The first-order valence-corrected chi connectivity index (χ1v) is 9.22. The molecular weight excluding hydrogens is 294 g/mol. The lowest BCUT2D eigenvalue weighted by atomic mass is 10.00. The number of amides is 1. The van der Waals surface area contributed by atoms with Crippen LogP contribution in [0, 0.1) is 0 Å². The minimum absolute atomic E-state index is 0.289. The van der Waals surface area contributed by atoms with Crippen molar-refractivity contribution in [3.63, 3.8) is 0 Å². The van der Waals surface area contributed by atoms with Crippen molar-refractivity contribution >= 4 is 17.7 Å². The van der Waals surface area contributed by atoms with Crippen molar-refractivity contribution in [3.05, 3.63) is 29.3 Å². The second-order valence-corrected chi connectivity index (χ2v) is 7.16. The van der Waals surface area contributed by atoms with Crippen molar-refractivity contribution in [2.45, 2.75) is 17.9 Å². The van der Waals surface area contributed by atoms with Gasteiger partial charge in [0.25, 0.3) is 0 Å². The lowest BCUT2D eigenvalue weighted by molar-refractivity contribution is -0.134. The molecule has 0 unspecified atom stereocenters. The zero-order valence-corrected chi connectivity index (χ0v) is 14.4. The Bertz CT molecular complexity index is 541. The molecular formula is C17H25N3OS. The van der Waals surface area contributed by atoms with Crippen LogP contribution in [-0.4, -0.2) is 73.2 Å². The molecule has 0 N–H and O–H groups in total. The molecule has 1 aromatic rings. The quantitative estimate of drug-likeness (QED) is 0.790. The topological polar surface area (TPSA) is 26.8 Å². The Morgan fingerprint density at radius 1 is 1.14 bits per heavy atom. The fraction of sp³-hybridized carbons (Fsp3) is 0.588. The van der Waals surface area contributed by atoms with Gasteiger partial charge in [-0.2, -0.15) is 0 Å². The summed E-state index contributed by atoms with van der Waals surface area (Å²) in [4.78, 5) is 20.4. The van der Waals surface area contributed by atoms with Gasteiger partial charge >= 0.3 is 0 Å². The Morgan fingerprint density at radius 2 is 1.91 bits per heavy atom. The van der Waals surface area contributed by atoms with Crippen LogP contribution in [-0.2, 0) is 17.8 Å². The number of rotatable bonds is 3. The summed E-state index contributed by atoms with van der Waals surface area (Å²) in [5.41, 5.74) is 2.84. The second-order valence-electron chi connectivity index (χ2n) is 6.28. The number of carbonyl (C=O) groups is 1. The van der Waals surface area contributed by atoms with Gasteiger partial charge in [0.2, 0.25) is 5.91 Å². The number of hydrogen-bond acceptors (Lipinski definition) is 4. The third-order valence-electron chi connectivity index (χ3n) is 4.72. The number of likely N-dealkylation sites (N-methyl/N-ethyl adjacent to an activating group) is 1. The summed E-state index contributed by atoms with van der Waals surface area (Å²) >= 11 is 1.79. The Labute approximate surface area is 137 Å². The number of thioether (sulfide) groups is 1. The zero-order valence-electron chi connectivity index (χ0n) is 13.5. The number of hydrogen-bond donors (Lipinski definition) is 0. The highest BCUT2D eigenvalue weighted by Crippen LogP contribution is 2.24. The second kappa shape index (κ2) is 7.02. The molecule has 0 aromatic heterocycles. The summed E-state index contributed by atoms with van der Waals surface area (Å²) in [5, 5.41) is 0. The molecule has 0 bridgehead atoms. The van der Waals surface area contributed by atoms with Crippen LogP contribution in [0.3, 0.4) is 0 Å². The molecule has 3 rings (SSSR count). The molecule has 0 atom stereocenters. The van der Waals surface area contributed by atoms with E-state index in [0.717, 1.165) is 45.7 Å². The van der Waals surface area contributed by atoms with E-state index in [1.54, 1.807) is 11.8 Å². The molecule has 1 amide bonds. The van der Waals surface area contributed by atoms with E-state index in [9.17, 15) is 4.79 Å². The largest absolute Gasteiger partial charge is 0.339 e. The van der Waals surface area contributed by atoms with Gasteiger partial charge in [-0.25, -0.2) is 0 Å². The highest BCUT2D eigenvalue weighted by atomic mass is 32.2. The van der Waals surface area contributed by atoms with Gasteiger partial charge in [-0.3, -0.25) is 9.69 Å². The Hall–Kier alpha value is -1.04. The van der Waals surface area contributed by atoms with Crippen LogP contribution in [0.15, 0.2) is 23.1 Å². The van der Waals surface area contributed by atoms with E-state index in [4.69, 9.17) is 0 Å². The third-order valence-corrected chi connectivity index (χ3v) is 5.44. The molecule has 22 heavy (non-hydrogen) atoms. The minimum Gasteiger partial charge on any atom is -0.339 e. The predicted molar refractivity (Wildman–Crippen MR) is 91.3 cm³/mol. The van der Waals surface area contributed by atoms with Crippen LogP contribution < -0.4 is 0 Å². The maximum Gasteiger partial charge on any atom is 0.236 e. The molecule has 0 radical (unpaired) electrons. The lowest BCUT2D eigenvalue weighted by Gasteiger charge is -2.35. The van der Waals surface area contributed by atoms with E-state index in [0.29, 0.717) is 6.54 Å². The standard InChI is InChI=1S/C17H25N3OS/c1-18-7-9-20(10-8-18)17(21)13-19-6-5-14-11-16(22-2)4-3-15(14)12-19/h3-4,11H,5-10,12-13H2,1-2H3. The van der Waals surface area contributed by atoms with Gasteiger partial charge in [0.05, 0.1) is 6.54 Å². The first-order chi connectivity index (χ1) is 10.7. The number of piperazine rings is 1. The number of carbonyl (C=O) groups excluding carboxylic acids is 1. The van der Waals surface area contributed by atoms with E-state index in [-0.39, 0.29) is 5.91 Å². The Balaban J connectivity index is 1.57. The maximum atomic E-state index is 12.4. The molecule has 0 aliphatic carbocycles. The Kier molecular flexibility index (Phi) is 5.06. The van der Waals surface area contributed by atoms with Gasteiger partial charge in [-0.05, 0) is 43.0 Å². The Morgan fingerprint density at radius 3 is 2.64 bits per heavy atom. The molecule has 0 spiro atoms. The average molecular weight is 319 g/mol. The van der Waals surface area contributed by atoms with Crippen molar-refractivity contribution in [3.8, 4) is 0 Å². The van der Waals surface area contributed by atoms with E-state index in [1.807, 2.05) is 4.90 Å². The summed E-state index contributed by atoms with van der Waals surface area (Å²) < 4.78 is 0. The lowest BCUT2D eigenvalue weighted by Crippen LogP contribution is -2.50. The summed E-state index contributed by atoms with van der Waals surface area (Å²) in [7, 11) is 2.12. The first kappa shape index (κ1) is 15.8. The van der Waals surface area contributed by atoms with Crippen molar-refractivity contribution in [1.29, 1.82) is 0 Å². The van der Waals surface area contributed by atoms with Crippen LogP contribution in [0.1, 0.15) is 11.1 Å². The van der Waals surface area contributed by atoms with Crippen LogP contribution in [0.4, 0.5) is 0 Å². The van der Waals surface area contributed by atoms with Gasteiger partial charge in [-0.1, -0.05) is 6.07 Å². The molecule has 2 aliphatic heterocycles. The number of benzene rings is 1. The monoisotopic (exact) mass is 319 g/mol. The van der Waals surface area contributed by atoms with Gasteiger partial charge in [0.1, 0.15) is 0 Å². The van der Waals surface area contributed by atoms with Crippen molar-refractivity contribution in [2.24, 2.45) is 0 Å². The van der Waals surface area contributed by atoms with Gasteiger partial charge in [0, 0.05) is 44.2 Å². The van der Waals surface area contributed by atoms with Crippen LogP contribution in [0.25, 0.3) is 0 Å². The van der Waals surface area contributed by atoms with Crippen molar-refractivity contribution in [1.82, 2.24) is 14.7 Å². The first-order valence-electron chi connectivity index (χ1n) is 8.00. The fourth-order valence-corrected chi connectivity index (χ4v) is 3.66. The fourth-order valence-electron chi connectivity index (χ4n) is 3.20. The highest BCUT2D eigenvalue weighted by molar-refractivity contribution is 7.98. The van der Waals surface area contributed by atoms with Crippen molar-refractivity contribution in [2.75, 3.05) is 52.6 Å². The molecule has 2 heterocycles. The zero-order chi connectivity index (χ0) is 15.5. The average Bonchev–Trinajstić information content (AvgIpc) is 2.55. The van der Waals surface area contributed by atoms with E-state index >= 15 is 0 Å². The third kappa shape index (κ3) is 3.65. The van der Waals surface area contributed by atoms with Crippen molar-refractivity contribution < 1.29 is 4.79 Å². The maximum absolute atomic E-state index is 12.4. The molecule has 2 aliphatic rings. The van der Waals surface area contributed by atoms with E-state index < -0.39 is 0 Å². The molecule has 0 saturated carbocycles. The summed E-state index contributed by atoms with van der Waals surface area (Å²) in [6.07, 6.45) is 3.17. The molecule has 120 valence electrons. The SMILES string of the molecule is CSc1ccc2c(c1)CCN(CC(=O)N1CCN(C)CC1)C2. The van der Waals surface area contributed by atoms with E-state index in [2.05, 4.69) is 41.3 Å². The highest BCUT2D eigenvalue weighted by Gasteiger charge is 2.23. The molecule has 1 fully saturated rings. The van der Waals surface area contributed by atoms with Crippen LogP contribution in [0.5, 0.6) is 0 Å². The number of fused-ring (bicyclic) bond motifs is 1. The summed E-state index contributed by atoms with van der Waals surface area (Å²) in [5.74, 6) is 0.289. The smallest absolute Gasteiger partial charge is 0.236 e. The number of nitrogens with zero attached hydrogens (tertiary/aromatic N) is 3. The minimum atomic E-state index is 0.289. The summed E-state index contributed by atoms with van der Waals surface area (Å²) in [6.45, 7) is 6.19. The van der Waals surface area contributed by atoms with Gasteiger partial charge in [0.15, 0.2) is 0 Å². The van der Waals surface area contributed by atoms with E-state index in [1.165, 1.54) is 16.0 Å². The normalized spacial score (nSPS) is 20.0. The van der Waals surface area contributed by atoms with Gasteiger partial charge in [-0.15, -0.1) is 11.8 Å². The van der Waals surface area contributed by atoms with Gasteiger partial charge < -0.3 is 9.80 Å². The summed E-state index contributed by atoms with van der Waals surface area (Å²) in [6, 6.07) is 6.72. The molecule has 5 heteroatoms. The van der Waals surface area contributed by atoms with Crippen LogP contribution in [0.2, 0.25) is 0 Å². The molecule has 1 aromatic carbocycles. The molecule has 4 nitrogen and oxygen atoms in total. The molecule has 1 saturated heterocycles. The van der Waals surface area contributed by atoms with Crippen LogP contribution >= 0.6 is 11.8 Å². The predicted octanol–water partition coefficient (Wildman–Crippen LogP) is 1.54.